The number of hydrogen-bond acceptors (Lipinski definition) is 9. The Labute approximate surface area is 243 Å². The molecule has 0 unspecified atom stereocenters. The van der Waals surface area contributed by atoms with Gasteiger partial charge in [-0.2, -0.15) is 4.98 Å². The van der Waals surface area contributed by atoms with E-state index < -0.39 is 34.9 Å². The summed E-state index contributed by atoms with van der Waals surface area (Å²) >= 11 is 10.6. The van der Waals surface area contributed by atoms with E-state index in [0.29, 0.717) is 16.3 Å². The Morgan fingerprint density at radius 2 is 1.74 bits per heavy atom. The molecular formula is C26H30BrClN4O6S. The molecule has 1 N–H and O–H groups in total. The summed E-state index contributed by atoms with van der Waals surface area (Å²) < 4.78 is 17.9. The van der Waals surface area contributed by atoms with Crippen molar-refractivity contribution in [3.63, 3.8) is 0 Å². The highest BCUT2D eigenvalue weighted by molar-refractivity contribution is 9.10. The molecule has 3 rings (SSSR count). The molecule has 0 saturated heterocycles. The van der Waals surface area contributed by atoms with Gasteiger partial charge in [-0.15, -0.1) is 11.3 Å². The van der Waals surface area contributed by atoms with Crippen LogP contribution in [0.2, 0.25) is 5.02 Å². The number of nitrogens with one attached hydrogen (secondary N) is 1. The summed E-state index contributed by atoms with van der Waals surface area (Å²) in [4.78, 5) is 47.2. The molecule has 0 saturated carbocycles. The van der Waals surface area contributed by atoms with Gasteiger partial charge in [-0.25, -0.2) is 9.78 Å². The summed E-state index contributed by atoms with van der Waals surface area (Å²) in [5, 5.41) is 5.02. The molecule has 0 bridgehead atoms. The molecule has 3 aromatic rings. The Balaban J connectivity index is 1.94. The molecular weight excluding hydrogens is 612 g/mol. The standard InChI is InChI=1S/C26H30BrClN4O6S/c1-25(2,3)37-19(33)11-32-21(18-13-39-14-29-18)31-22(20(27)23(32)34)36-12-17(15-7-9-16(28)10-8-15)30-24(35)38-26(4,5)6/h7-10,13-14,17H,11-12H2,1-6H3,(H,30,35)/t17-/m0/s1. The highest BCUT2D eigenvalue weighted by Crippen LogP contribution is 2.26. The average molecular weight is 642 g/mol. The molecule has 1 amide bonds. The van der Waals surface area contributed by atoms with Crippen molar-refractivity contribution < 1.29 is 23.8 Å². The summed E-state index contributed by atoms with van der Waals surface area (Å²) in [6.45, 7) is 10.0. The first-order valence-electron chi connectivity index (χ1n) is 11.9. The van der Waals surface area contributed by atoms with E-state index in [1.54, 1.807) is 76.7 Å². The number of halogens is 2. The largest absolute Gasteiger partial charge is 0.474 e. The lowest BCUT2D eigenvalue weighted by molar-refractivity contribution is -0.155. The highest BCUT2D eigenvalue weighted by Gasteiger charge is 2.25. The molecule has 2 aromatic heterocycles. The van der Waals surface area contributed by atoms with Crippen LogP contribution in [0.1, 0.15) is 53.1 Å². The van der Waals surface area contributed by atoms with Crippen molar-refractivity contribution in [2.75, 3.05) is 6.61 Å². The predicted octanol–water partition coefficient (Wildman–Crippen LogP) is 5.77. The molecule has 10 nitrogen and oxygen atoms in total. The van der Waals surface area contributed by atoms with Gasteiger partial charge in [-0.3, -0.25) is 14.2 Å². The number of carbonyl (C=O) groups is 2. The topological polar surface area (TPSA) is 122 Å². The van der Waals surface area contributed by atoms with Crippen molar-refractivity contribution in [2.45, 2.75) is 65.3 Å². The van der Waals surface area contributed by atoms with E-state index in [4.69, 9.17) is 25.8 Å². The van der Waals surface area contributed by atoms with Crippen LogP contribution in [-0.2, 0) is 20.8 Å². The van der Waals surface area contributed by atoms with Gasteiger partial charge in [0.2, 0.25) is 5.88 Å². The smallest absolute Gasteiger partial charge is 0.408 e. The predicted molar refractivity (Wildman–Crippen MR) is 152 cm³/mol. The van der Waals surface area contributed by atoms with E-state index in [1.165, 1.54) is 15.9 Å². The minimum absolute atomic E-state index is 0.00263. The molecule has 0 aliphatic heterocycles. The number of carbonyl (C=O) groups excluding carboxylic acids is 2. The maximum absolute atomic E-state index is 13.4. The summed E-state index contributed by atoms with van der Waals surface area (Å²) in [5.41, 5.74) is 0.674. The van der Waals surface area contributed by atoms with E-state index in [9.17, 15) is 14.4 Å². The van der Waals surface area contributed by atoms with Crippen LogP contribution in [0.3, 0.4) is 0 Å². The first-order valence-corrected chi connectivity index (χ1v) is 14.0. The molecule has 2 heterocycles. The van der Waals surface area contributed by atoms with Gasteiger partial charge in [-0.05, 0) is 75.2 Å². The lowest BCUT2D eigenvalue weighted by Gasteiger charge is -2.24. The molecule has 0 radical (unpaired) electrons. The SMILES string of the molecule is CC(C)(C)OC(=O)Cn1c(-c2cscn2)nc(OC[C@H](NC(=O)OC(C)(C)C)c2ccc(Cl)cc2)c(Br)c1=O. The quantitative estimate of drug-likeness (QED) is 0.308. The first-order chi connectivity index (χ1) is 18.1. The van der Waals surface area contributed by atoms with E-state index in [2.05, 4.69) is 31.2 Å². The van der Waals surface area contributed by atoms with E-state index >= 15 is 0 Å². The molecule has 210 valence electrons. The van der Waals surface area contributed by atoms with Crippen LogP contribution in [-0.4, -0.2) is 44.4 Å². The number of aromatic nitrogens is 3. The monoisotopic (exact) mass is 640 g/mol. The maximum atomic E-state index is 13.4. The van der Waals surface area contributed by atoms with E-state index in [0.717, 1.165) is 0 Å². The number of thiazole rings is 1. The van der Waals surface area contributed by atoms with Gasteiger partial charge in [0, 0.05) is 10.4 Å². The van der Waals surface area contributed by atoms with Gasteiger partial charge in [0.05, 0.1) is 11.6 Å². The molecule has 0 spiro atoms. The Morgan fingerprint density at radius 1 is 1.10 bits per heavy atom. The Kier molecular flexibility index (Phi) is 9.78. The first kappa shape index (κ1) is 30.6. The van der Waals surface area contributed by atoms with Gasteiger partial charge in [0.1, 0.15) is 34.5 Å². The fourth-order valence-electron chi connectivity index (χ4n) is 3.30. The third kappa shape index (κ3) is 9.04. The van der Waals surface area contributed by atoms with E-state index in [1.807, 2.05) is 0 Å². The summed E-state index contributed by atoms with van der Waals surface area (Å²) in [6, 6.07) is 6.20. The number of ether oxygens (including phenoxy) is 3. The number of benzene rings is 1. The van der Waals surface area contributed by atoms with Crippen LogP contribution >= 0.6 is 38.9 Å². The molecule has 0 aliphatic rings. The number of alkyl carbamates (subject to hydrolysis) is 1. The molecule has 39 heavy (non-hydrogen) atoms. The van der Waals surface area contributed by atoms with Crippen molar-refractivity contribution in [1.82, 2.24) is 19.9 Å². The van der Waals surface area contributed by atoms with Crippen LogP contribution in [0.15, 0.2) is 44.4 Å². The van der Waals surface area contributed by atoms with Crippen molar-refractivity contribution >= 4 is 50.9 Å². The van der Waals surface area contributed by atoms with Gasteiger partial charge < -0.3 is 19.5 Å². The molecule has 1 atom stereocenters. The lowest BCUT2D eigenvalue weighted by Crippen LogP contribution is -2.37. The lowest BCUT2D eigenvalue weighted by atomic mass is 10.1. The molecule has 0 fully saturated rings. The number of hydrogen-bond donors (Lipinski definition) is 1. The van der Waals surface area contributed by atoms with Gasteiger partial charge >= 0.3 is 12.1 Å². The summed E-state index contributed by atoms with van der Waals surface area (Å²) in [5.74, 6) is -0.505. The van der Waals surface area contributed by atoms with Gasteiger partial charge in [-0.1, -0.05) is 23.7 Å². The second kappa shape index (κ2) is 12.5. The van der Waals surface area contributed by atoms with Gasteiger partial charge in [0.15, 0.2) is 5.82 Å². The third-order valence-electron chi connectivity index (χ3n) is 4.80. The van der Waals surface area contributed by atoms with Crippen LogP contribution in [0.5, 0.6) is 5.88 Å². The summed E-state index contributed by atoms with van der Waals surface area (Å²) in [6.07, 6.45) is -0.644. The highest BCUT2D eigenvalue weighted by atomic mass is 79.9. The van der Waals surface area contributed by atoms with Crippen molar-refractivity contribution in [3.8, 4) is 17.4 Å². The number of rotatable bonds is 8. The number of amides is 1. The fraction of sp³-hybridized carbons (Fsp3) is 0.423. The van der Waals surface area contributed by atoms with Crippen molar-refractivity contribution in [1.29, 1.82) is 0 Å². The van der Waals surface area contributed by atoms with Crippen LogP contribution in [0.25, 0.3) is 11.5 Å². The normalized spacial score (nSPS) is 12.5. The minimum Gasteiger partial charge on any atom is -0.474 e. The second-order valence-corrected chi connectivity index (χ2v) is 12.4. The van der Waals surface area contributed by atoms with Crippen LogP contribution in [0, 0.1) is 0 Å². The second-order valence-electron chi connectivity index (χ2n) is 10.5. The zero-order valence-electron chi connectivity index (χ0n) is 22.4. The third-order valence-corrected chi connectivity index (χ3v) is 6.32. The average Bonchev–Trinajstić information content (AvgIpc) is 3.33. The van der Waals surface area contributed by atoms with Gasteiger partial charge in [0.25, 0.3) is 5.56 Å². The zero-order valence-corrected chi connectivity index (χ0v) is 25.6. The number of nitrogens with zero attached hydrogens (tertiary/aromatic N) is 3. The fourth-order valence-corrected chi connectivity index (χ4v) is 4.38. The van der Waals surface area contributed by atoms with Crippen LogP contribution in [0.4, 0.5) is 4.79 Å². The molecule has 13 heteroatoms. The maximum Gasteiger partial charge on any atom is 0.408 e. The van der Waals surface area contributed by atoms with Crippen molar-refractivity contribution in [3.05, 3.63) is 60.6 Å². The van der Waals surface area contributed by atoms with Crippen LogP contribution < -0.4 is 15.6 Å². The molecule has 0 aliphatic carbocycles. The van der Waals surface area contributed by atoms with Crippen molar-refractivity contribution in [2.24, 2.45) is 0 Å². The summed E-state index contributed by atoms with van der Waals surface area (Å²) in [7, 11) is 0. The molecule has 1 aromatic carbocycles. The number of esters is 1. The Morgan fingerprint density at radius 3 is 2.31 bits per heavy atom. The zero-order chi connectivity index (χ0) is 29.0. The Bertz CT molecular complexity index is 1370. The Hall–Kier alpha value is -2.96. The minimum atomic E-state index is -0.729. The van der Waals surface area contributed by atoms with E-state index in [-0.39, 0.29) is 29.3 Å².